The van der Waals surface area contributed by atoms with E-state index in [1.165, 1.54) is 32.1 Å². The summed E-state index contributed by atoms with van der Waals surface area (Å²) in [5.74, 6) is 1.34. The van der Waals surface area contributed by atoms with Gasteiger partial charge in [-0.25, -0.2) is 0 Å². The highest BCUT2D eigenvalue weighted by atomic mass is 16.5. The van der Waals surface area contributed by atoms with Crippen molar-refractivity contribution in [2.75, 3.05) is 19.8 Å². The smallest absolute Gasteiger partial charge is 0.0628 e. The molecule has 90 valence electrons. The van der Waals surface area contributed by atoms with Gasteiger partial charge in [-0.2, -0.15) is 5.26 Å². The average molecular weight is 222 g/mol. The molecule has 0 aromatic heterocycles. The van der Waals surface area contributed by atoms with Gasteiger partial charge in [-0.05, 0) is 44.1 Å². The van der Waals surface area contributed by atoms with Crippen LogP contribution in [-0.2, 0) is 4.74 Å². The molecule has 16 heavy (non-hydrogen) atoms. The largest absolute Gasteiger partial charge is 0.381 e. The summed E-state index contributed by atoms with van der Waals surface area (Å²) in [6.45, 7) is 2.45. The minimum Gasteiger partial charge on any atom is -0.381 e. The van der Waals surface area contributed by atoms with Crippen LogP contribution in [0.25, 0.3) is 0 Å². The number of hydrogen-bond donors (Lipinski definition) is 1. The average Bonchev–Trinajstić information content (AvgIpc) is 2.90. The Morgan fingerprint density at radius 2 is 2.06 bits per heavy atom. The van der Waals surface area contributed by atoms with E-state index >= 15 is 0 Å². The van der Waals surface area contributed by atoms with Gasteiger partial charge in [0.1, 0.15) is 0 Å². The van der Waals surface area contributed by atoms with Gasteiger partial charge in [-0.1, -0.05) is 6.42 Å². The van der Waals surface area contributed by atoms with E-state index in [1.54, 1.807) is 0 Å². The number of nitrogens with zero attached hydrogens (tertiary/aromatic N) is 1. The van der Waals surface area contributed by atoms with Crippen LogP contribution in [0.2, 0.25) is 0 Å². The first-order valence-corrected chi connectivity index (χ1v) is 6.44. The fourth-order valence-corrected chi connectivity index (χ4v) is 2.79. The van der Waals surface area contributed by atoms with Crippen molar-refractivity contribution in [2.24, 2.45) is 23.0 Å². The van der Waals surface area contributed by atoms with E-state index in [0.717, 1.165) is 19.8 Å². The van der Waals surface area contributed by atoms with Crippen molar-refractivity contribution in [2.45, 2.75) is 38.5 Å². The van der Waals surface area contributed by atoms with Crippen LogP contribution in [0.5, 0.6) is 0 Å². The van der Waals surface area contributed by atoms with Crippen LogP contribution in [0.4, 0.5) is 0 Å². The van der Waals surface area contributed by atoms with Crippen molar-refractivity contribution < 1.29 is 4.74 Å². The van der Waals surface area contributed by atoms with Gasteiger partial charge in [0.25, 0.3) is 0 Å². The lowest BCUT2D eigenvalue weighted by Gasteiger charge is -2.19. The molecule has 0 aromatic rings. The van der Waals surface area contributed by atoms with Crippen LogP contribution in [0.15, 0.2) is 0 Å². The molecule has 2 atom stereocenters. The zero-order valence-electron chi connectivity index (χ0n) is 9.95. The van der Waals surface area contributed by atoms with Crippen LogP contribution in [-0.4, -0.2) is 19.8 Å². The summed E-state index contributed by atoms with van der Waals surface area (Å²) in [5, 5.41) is 8.71. The minimum absolute atomic E-state index is 0.228. The summed E-state index contributed by atoms with van der Waals surface area (Å²) in [4.78, 5) is 0. The highest BCUT2D eigenvalue weighted by molar-refractivity contribution is 4.99. The molecule has 2 fully saturated rings. The fraction of sp³-hybridized carbons (Fsp3) is 0.923. The highest BCUT2D eigenvalue weighted by Crippen LogP contribution is 2.48. The lowest BCUT2D eigenvalue weighted by molar-refractivity contribution is 0.0553. The van der Waals surface area contributed by atoms with Crippen LogP contribution in [0.1, 0.15) is 38.5 Å². The number of nitrogens with two attached hydrogens (primary N) is 1. The Kier molecular flexibility index (Phi) is 3.83. The Morgan fingerprint density at radius 1 is 1.31 bits per heavy atom. The number of rotatable bonds is 6. The predicted octanol–water partition coefficient (Wildman–Crippen LogP) is 2.07. The molecule has 2 rings (SSSR count). The first-order valence-electron chi connectivity index (χ1n) is 6.44. The lowest BCUT2D eigenvalue weighted by atomic mass is 9.97. The first kappa shape index (κ1) is 11.9. The number of ether oxygens (including phenoxy) is 1. The highest BCUT2D eigenvalue weighted by Gasteiger charge is 2.42. The summed E-state index contributed by atoms with van der Waals surface area (Å²) >= 11 is 0. The molecule has 2 N–H and O–H groups in total. The molecule has 2 aliphatic carbocycles. The van der Waals surface area contributed by atoms with Crippen molar-refractivity contribution >= 4 is 0 Å². The molecule has 3 nitrogen and oxygen atoms in total. The standard InChI is InChI=1S/C13H22N2O/c14-7-6-13(4-5-13)10-16-9-12-3-1-2-11(12)8-15/h11-12H,1-6,8-10,15H2. The maximum absolute atomic E-state index is 8.71. The molecule has 0 aromatic carbocycles. The molecule has 0 amide bonds. The third-order valence-electron chi connectivity index (χ3n) is 4.27. The third kappa shape index (κ3) is 2.75. The molecule has 2 unspecified atom stereocenters. The zero-order chi connectivity index (χ0) is 11.4. The molecule has 0 saturated heterocycles. The Hall–Kier alpha value is -0.590. The van der Waals surface area contributed by atoms with E-state index in [-0.39, 0.29) is 5.41 Å². The quantitative estimate of drug-likeness (QED) is 0.748. The van der Waals surface area contributed by atoms with Gasteiger partial charge in [0.15, 0.2) is 0 Å². The summed E-state index contributed by atoms with van der Waals surface area (Å²) in [7, 11) is 0. The first-order chi connectivity index (χ1) is 7.79. The van der Waals surface area contributed by atoms with E-state index in [1.807, 2.05) is 0 Å². The molecule has 0 heterocycles. The van der Waals surface area contributed by atoms with Gasteiger partial charge in [0.05, 0.1) is 12.7 Å². The van der Waals surface area contributed by atoms with Crippen LogP contribution in [0, 0.1) is 28.6 Å². The Balaban J connectivity index is 1.66. The molecule has 0 spiro atoms. The van der Waals surface area contributed by atoms with Gasteiger partial charge in [0.2, 0.25) is 0 Å². The second-order valence-electron chi connectivity index (χ2n) is 5.54. The fourth-order valence-electron chi connectivity index (χ4n) is 2.79. The van der Waals surface area contributed by atoms with E-state index in [0.29, 0.717) is 18.3 Å². The van der Waals surface area contributed by atoms with Crippen LogP contribution in [0.3, 0.4) is 0 Å². The third-order valence-corrected chi connectivity index (χ3v) is 4.27. The SMILES string of the molecule is N#CCC1(COCC2CCCC2CN)CC1. The maximum atomic E-state index is 8.71. The Labute approximate surface area is 98.0 Å². The molecule has 0 aliphatic heterocycles. The van der Waals surface area contributed by atoms with Crippen molar-refractivity contribution in [1.82, 2.24) is 0 Å². The van der Waals surface area contributed by atoms with Crippen LogP contribution < -0.4 is 5.73 Å². The normalized spacial score (nSPS) is 31.2. The van der Waals surface area contributed by atoms with E-state index in [9.17, 15) is 0 Å². The summed E-state index contributed by atoms with van der Waals surface area (Å²) in [6, 6.07) is 2.27. The summed E-state index contributed by atoms with van der Waals surface area (Å²) in [6.07, 6.45) is 6.86. The summed E-state index contributed by atoms with van der Waals surface area (Å²) in [5.41, 5.74) is 5.97. The van der Waals surface area contributed by atoms with Gasteiger partial charge in [-0.15, -0.1) is 0 Å². The van der Waals surface area contributed by atoms with Gasteiger partial charge < -0.3 is 10.5 Å². The van der Waals surface area contributed by atoms with Gasteiger partial charge >= 0.3 is 0 Å². The van der Waals surface area contributed by atoms with Crippen LogP contribution >= 0.6 is 0 Å². The van der Waals surface area contributed by atoms with E-state index in [2.05, 4.69) is 6.07 Å². The lowest BCUT2D eigenvalue weighted by Crippen LogP contribution is -2.23. The zero-order valence-corrected chi connectivity index (χ0v) is 9.95. The van der Waals surface area contributed by atoms with Gasteiger partial charge in [-0.3, -0.25) is 0 Å². The molecule has 0 radical (unpaired) electrons. The number of nitriles is 1. The second-order valence-corrected chi connectivity index (χ2v) is 5.54. The van der Waals surface area contributed by atoms with Crippen molar-refractivity contribution in [1.29, 1.82) is 5.26 Å². The molecule has 2 aliphatic rings. The monoisotopic (exact) mass is 222 g/mol. The second kappa shape index (κ2) is 5.16. The Morgan fingerprint density at radius 3 is 2.69 bits per heavy atom. The van der Waals surface area contributed by atoms with E-state index in [4.69, 9.17) is 15.7 Å². The predicted molar refractivity (Wildman–Crippen MR) is 62.6 cm³/mol. The van der Waals surface area contributed by atoms with Crippen molar-refractivity contribution in [3.8, 4) is 6.07 Å². The van der Waals surface area contributed by atoms with E-state index < -0.39 is 0 Å². The molecule has 2 saturated carbocycles. The molecular weight excluding hydrogens is 200 g/mol. The summed E-state index contributed by atoms with van der Waals surface area (Å²) < 4.78 is 5.82. The van der Waals surface area contributed by atoms with Gasteiger partial charge in [0, 0.05) is 18.4 Å². The topological polar surface area (TPSA) is 59.0 Å². The van der Waals surface area contributed by atoms with Crippen molar-refractivity contribution in [3.05, 3.63) is 0 Å². The minimum atomic E-state index is 0.228. The Bertz CT molecular complexity index is 268. The molecular formula is C13H22N2O. The molecule has 3 heteroatoms. The van der Waals surface area contributed by atoms with Crippen molar-refractivity contribution in [3.63, 3.8) is 0 Å². The number of hydrogen-bond acceptors (Lipinski definition) is 3. The maximum Gasteiger partial charge on any atom is 0.0628 e. The molecule has 0 bridgehead atoms.